The van der Waals surface area contributed by atoms with Gasteiger partial charge in [0.15, 0.2) is 5.60 Å². The zero-order valence-electron chi connectivity index (χ0n) is 10.9. The van der Waals surface area contributed by atoms with Gasteiger partial charge in [0.1, 0.15) is 5.37 Å². The summed E-state index contributed by atoms with van der Waals surface area (Å²) in [6.07, 6.45) is 4.25. The van der Waals surface area contributed by atoms with Crippen molar-refractivity contribution in [1.82, 2.24) is 9.88 Å². The number of amides is 2. The van der Waals surface area contributed by atoms with Gasteiger partial charge in [-0.05, 0) is 30.0 Å². The Bertz CT molecular complexity index is 658. The maximum Gasteiger partial charge on any atom is 0.348 e. The highest BCUT2D eigenvalue weighted by molar-refractivity contribution is 8.03. The van der Waals surface area contributed by atoms with Gasteiger partial charge in [0.25, 0.3) is 0 Å². The van der Waals surface area contributed by atoms with E-state index in [4.69, 9.17) is 4.74 Å². The highest BCUT2D eigenvalue weighted by atomic mass is 32.2. The van der Waals surface area contributed by atoms with E-state index in [1.165, 1.54) is 0 Å². The summed E-state index contributed by atoms with van der Waals surface area (Å²) in [6, 6.07) is 3.77. The summed E-state index contributed by atoms with van der Waals surface area (Å²) in [6.45, 7) is 2.60. The molecular formula is C14H13N3O2S. The first-order valence-electron chi connectivity index (χ1n) is 6.51. The average Bonchev–Trinajstić information content (AvgIpc) is 3.05. The lowest BCUT2D eigenvalue weighted by Crippen LogP contribution is -2.54. The molecule has 0 radical (unpaired) electrons. The Morgan fingerprint density at radius 1 is 1.55 bits per heavy atom. The van der Waals surface area contributed by atoms with Crippen molar-refractivity contribution in [3.63, 3.8) is 0 Å². The van der Waals surface area contributed by atoms with Crippen LogP contribution in [0.1, 0.15) is 17.7 Å². The molecule has 0 aromatic carbocycles. The summed E-state index contributed by atoms with van der Waals surface area (Å²) in [7, 11) is 0. The molecule has 1 aromatic heterocycles. The van der Waals surface area contributed by atoms with Gasteiger partial charge < -0.3 is 4.74 Å². The van der Waals surface area contributed by atoms with Crippen molar-refractivity contribution in [2.75, 3.05) is 6.61 Å². The van der Waals surface area contributed by atoms with Gasteiger partial charge in [0, 0.05) is 18.8 Å². The van der Waals surface area contributed by atoms with Gasteiger partial charge in [-0.2, -0.15) is 4.99 Å². The van der Waals surface area contributed by atoms with Crippen LogP contribution >= 0.6 is 11.8 Å². The predicted molar refractivity (Wildman–Crippen MR) is 76.4 cm³/mol. The molecule has 2 amide bonds. The molecule has 0 bridgehead atoms. The van der Waals surface area contributed by atoms with Crippen LogP contribution in [0.4, 0.5) is 4.79 Å². The molecule has 3 aliphatic heterocycles. The molecule has 0 spiro atoms. The fourth-order valence-electron chi connectivity index (χ4n) is 2.97. The van der Waals surface area contributed by atoms with Crippen LogP contribution in [0.25, 0.3) is 0 Å². The zero-order valence-corrected chi connectivity index (χ0v) is 11.8. The first-order chi connectivity index (χ1) is 9.72. The topological polar surface area (TPSA) is 54.8 Å². The van der Waals surface area contributed by atoms with Gasteiger partial charge in [-0.1, -0.05) is 0 Å². The number of rotatable bonds is 1. The molecule has 3 aliphatic rings. The van der Waals surface area contributed by atoms with E-state index in [2.05, 4.69) is 9.98 Å². The van der Waals surface area contributed by atoms with Crippen molar-refractivity contribution >= 4 is 23.5 Å². The number of hydrogen-bond donors (Lipinski definition) is 0. The summed E-state index contributed by atoms with van der Waals surface area (Å²) in [5.41, 5.74) is 2.07. The molecule has 5 nitrogen and oxygen atoms in total. The van der Waals surface area contributed by atoms with Gasteiger partial charge in [-0.25, -0.2) is 4.79 Å². The number of urea groups is 1. The largest absolute Gasteiger partial charge is 0.359 e. The number of aliphatic imine (C=N–C) groups is 1. The number of aromatic nitrogens is 1. The number of carbonyl (C=O) groups excluding carboxylic acids is 1. The number of aryl methyl sites for hydroxylation is 1. The fourth-order valence-corrected chi connectivity index (χ4v) is 4.12. The minimum absolute atomic E-state index is 0.140. The Kier molecular flexibility index (Phi) is 2.52. The second-order valence-electron chi connectivity index (χ2n) is 5.07. The molecule has 4 rings (SSSR count). The first kappa shape index (κ1) is 12.1. The molecule has 2 unspecified atom stereocenters. The number of carbonyl (C=O) groups is 1. The van der Waals surface area contributed by atoms with E-state index in [9.17, 15) is 4.79 Å². The van der Waals surface area contributed by atoms with E-state index < -0.39 is 5.60 Å². The van der Waals surface area contributed by atoms with Crippen LogP contribution in [0.15, 0.2) is 34.9 Å². The van der Waals surface area contributed by atoms with Crippen LogP contribution in [0.5, 0.6) is 0 Å². The van der Waals surface area contributed by atoms with Crippen molar-refractivity contribution < 1.29 is 9.53 Å². The average molecular weight is 287 g/mol. The molecule has 1 aromatic rings. The molecule has 102 valence electrons. The number of nitrogens with zero attached hydrogens (tertiary/aromatic N) is 3. The Balaban J connectivity index is 1.93. The Hall–Kier alpha value is -1.66. The molecule has 6 heteroatoms. The number of pyridine rings is 1. The lowest BCUT2D eigenvalue weighted by atomic mass is 9.90. The summed E-state index contributed by atoms with van der Waals surface area (Å²) in [5, 5.41) is 1.78. The minimum atomic E-state index is -0.700. The molecule has 0 aliphatic carbocycles. The molecule has 1 saturated heterocycles. The lowest BCUT2D eigenvalue weighted by Gasteiger charge is -2.40. The number of fused-ring (bicyclic) bond motifs is 3. The van der Waals surface area contributed by atoms with Crippen molar-refractivity contribution in [2.24, 2.45) is 4.99 Å². The second-order valence-corrected chi connectivity index (χ2v) is 6.07. The van der Waals surface area contributed by atoms with Crippen LogP contribution in [-0.2, 0) is 10.3 Å². The van der Waals surface area contributed by atoms with E-state index in [1.807, 2.05) is 24.5 Å². The van der Waals surface area contributed by atoms with E-state index in [0.29, 0.717) is 13.0 Å². The van der Waals surface area contributed by atoms with E-state index >= 15 is 0 Å². The third-order valence-corrected chi connectivity index (χ3v) is 4.97. The van der Waals surface area contributed by atoms with Gasteiger partial charge >= 0.3 is 6.03 Å². The number of thioether (sulfide) groups is 1. The molecule has 0 N–H and O–H groups in total. The van der Waals surface area contributed by atoms with E-state index in [-0.39, 0.29) is 11.4 Å². The van der Waals surface area contributed by atoms with Crippen molar-refractivity contribution in [3.05, 3.63) is 41.2 Å². The molecule has 0 saturated carbocycles. The second kappa shape index (κ2) is 4.17. The van der Waals surface area contributed by atoms with Gasteiger partial charge in [-0.3, -0.25) is 9.88 Å². The van der Waals surface area contributed by atoms with Crippen LogP contribution in [-0.4, -0.2) is 33.6 Å². The Morgan fingerprint density at radius 2 is 2.45 bits per heavy atom. The summed E-state index contributed by atoms with van der Waals surface area (Å²) >= 11 is 1.58. The van der Waals surface area contributed by atoms with Crippen LogP contribution in [0, 0.1) is 6.92 Å². The van der Waals surface area contributed by atoms with Crippen molar-refractivity contribution in [2.45, 2.75) is 24.3 Å². The van der Waals surface area contributed by atoms with E-state index in [0.717, 1.165) is 17.0 Å². The lowest BCUT2D eigenvalue weighted by molar-refractivity contribution is 0.00627. The predicted octanol–water partition coefficient (Wildman–Crippen LogP) is 2.43. The minimum Gasteiger partial charge on any atom is -0.359 e. The molecule has 20 heavy (non-hydrogen) atoms. The first-order valence-corrected chi connectivity index (χ1v) is 7.46. The third-order valence-electron chi connectivity index (χ3n) is 3.87. The molecule has 4 heterocycles. The maximum absolute atomic E-state index is 12.1. The summed E-state index contributed by atoms with van der Waals surface area (Å²) < 4.78 is 6.10. The number of ether oxygens (including phenoxy) is 1. The molecular weight excluding hydrogens is 274 g/mol. The maximum atomic E-state index is 12.1. The third kappa shape index (κ3) is 1.46. The highest BCUT2D eigenvalue weighted by Crippen LogP contribution is 2.48. The Morgan fingerprint density at radius 3 is 3.30 bits per heavy atom. The van der Waals surface area contributed by atoms with Crippen LogP contribution in [0.2, 0.25) is 0 Å². The SMILES string of the molecule is Cc1ccnc(C23OCCC2=NC(=O)N2C=CSC23)c1. The smallest absolute Gasteiger partial charge is 0.348 e. The highest BCUT2D eigenvalue weighted by Gasteiger charge is 2.57. The summed E-state index contributed by atoms with van der Waals surface area (Å²) in [4.78, 5) is 22.4. The molecule has 2 atom stereocenters. The van der Waals surface area contributed by atoms with Crippen LogP contribution in [0.3, 0.4) is 0 Å². The monoisotopic (exact) mass is 287 g/mol. The standard InChI is InChI=1S/C14H13N3O2S/c1-9-2-4-15-11(8-9)14-10(3-6-19-14)16-13(18)17-5-7-20-12(14)17/h2,4-5,7-8,12H,3,6H2,1H3. The van der Waals surface area contributed by atoms with Crippen molar-refractivity contribution in [3.8, 4) is 0 Å². The van der Waals surface area contributed by atoms with Gasteiger partial charge in [0.05, 0.1) is 18.0 Å². The Labute approximate surface area is 120 Å². The van der Waals surface area contributed by atoms with Crippen LogP contribution < -0.4 is 0 Å². The zero-order chi connectivity index (χ0) is 13.7. The van der Waals surface area contributed by atoms with E-state index in [1.54, 1.807) is 29.1 Å². The van der Waals surface area contributed by atoms with Crippen molar-refractivity contribution in [1.29, 1.82) is 0 Å². The fraction of sp³-hybridized carbons (Fsp3) is 0.357. The normalized spacial score (nSPS) is 31.2. The quantitative estimate of drug-likeness (QED) is 0.796. The molecule has 1 fully saturated rings. The van der Waals surface area contributed by atoms with Gasteiger partial charge in [-0.15, -0.1) is 11.8 Å². The number of hydrogen-bond acceptors (Lipinski definition) is 4. The summed E-state index contributed by atoms with van der Waals surface area (Å²) in [5.74, 6) is 0. The van der Waals surface area contributed by atoms with Gasteiger partial charge in [0.2, 0.25) is 0 Å².